The van der Waals surface area contributed by atoms with E-state index in [0.717, 1.165) is 0 Å². The average molecular weight is 548 g/mol. The second-order valence-electron chi connectivity index (χ2n) is 9.97. The Bertz CT molecular complexity index is 1250. The Labute approximate surface area is 225 Å². The quantitative estimate of drug-likeness (QED) is 0.530. The summed E-state index contributed by atoms with van der Waals surface area (Å²) in [5, 5.41) is 6.11. The second-order valence-corrected chi connectivity index (χ2v) is 11.3. The predicted octanol–water partition coefficient (Wildman–Crippen LogP) is 3.64. The molecule has 1 aromatic heterocycles. The summed E-state index contributed by atoms with van der Waals surface area (Å²) in [5.74, 6) is -0.447. The zero-order chi connectivity index (χ0) is 26.5. The summed E-state index contributed by atoms with van der Waals surface area (Å²) in [6.45, 7) is 8.31. The lowest BCUT2D eigenvalue weighted by Gasteiger charge is -2.63. The second kappa shape index (κ2) is 10.1. The number of aliphatic imine (C=N–C) groups is 1. The number of ether oxygens (including phenoxy) is 2. The molecule has 198 valence electrons. The molecule has 8 nitrogen and oxygen atoms in total. The van der Waals surface area contributed by atoms with E-state index in [9.17, 15) is 9.18 Å². The molecule has 2 fully saturated rings. The van der Waals surface area contributed by atoms with Gasteiger partial charge in [0.05, 0.1) is 37.5 Å². The SMILES string of the molecule is COC(=O)C1=C(CN2C(C)C3(N(C)C(C)C)COCC23)NC(c2nccs2)=N[C@H]1c1ccc(F)cc1Cl. The summed E-state index contributed by atoms with van der Waals surface area (Å²) < 4.78 is 25.1. The van der Waals surface area contributed by atoms with Crippen LogP contribution >= 0.6 is 22.9 Å². The van der Waals surface area contributed by atoms with Crippen LogP contribution in [0.2, 0.25) is 5.02 Å². The molecular weight excluding hydrogens is 517 g/mol. The van der Waals surface area contributed by atoms with Gasteiger partial charge in [-0.2, -0.15) is 0 Å². The number of benzene rings is 1. The molecule has 4 heterocycles. The van der Waals surface area contributed by atoms with E-state index in [2.05, 4.69) is 47.9 Å². The summed E-state index contributed by atoms with van der Waals surface area (Å²) in [6.07, 6.45) is 1.70. The van der Waals surface area contributed by atoms with E-state index in [1.54, 1.807) is 12.3 Å². The van der Waals surface area contributed by atoms with Crippen molar-refractivity contribution in [2.45, 2.75) is 50.5 Å². The third kappa shape index (κ3) is 4.28. The van der Waals surface area contributed by atoms with Crippen LogP contribution < -0.4 is 5.32 Å². The maximum atomic E-state index is 13.9. The maximum Gasteiger partial charge on any atom is 0.338 e. The Kier molecular flexibility index (Phi) is 7.14. The Hall–Kier alpha value is -2.37. The van der Waals surface area contributed by atoms with Crippen LogP contribution in [0.5, 0.6) is 0 Å². The molecular formula is C26H31ClFN5O3S. The molecule has 0 radical (unpaired) electrons. The van der Waals surface area contributed by atoms with Crippen LogP contribution in [0.3, 0.4) is 0 Å². The van der Waals surface area contributed by atoms with Gasteiger partial charge in [-0.05, 0) is 40.0 Å². The van der Waals surface area contributed by atoms with Crippen LogP contribution in [0.15, 0.2) is 46.0 Å². The number of nitrogens with one attached hydrogen (secondary N) is 1. The number of hydrogen-bond donors (Lipinski definition) is 1. The third-order valence-corrected chi connectivity index (χ3v) is 9.11. The molecule has 0 spiro atoms. The van der Waals surface area contributed by atoms with Crippen molar-refractivity contribution in [3.8, 4) is 0 Å². The summed E-state index contributed by atoms with van der Waals surface area (Å²) in [6, 6.07) is 4.04. The largest absolute Gasteiger partial charge is 0.466 e. The van der Waals surface area contributed by atoms with E-state index in [1.807, 2.05) is 5.38 Å². The Morgan fingerprint density at radius 2 is 2.24 bits per heavy atom. The van der Waals surface area contributed by atoms with Crippen molar-refractivity contribution in [2.24, 2.45) is 4.99 Å². The van der Waals surface area contributed by atoms with E-state index >= 15 is 0 Å². The van der Waals surface area contributed by atoms with Gasteiger partial charge in [-0.3, -0.25) is 14.8 Å². The molecule has 0 bridgehead atoms. The van der Waals surface area contributed by atoms with E-state index in [0.29, 0.717) is 53.5 Å². The summed E-state index contributed by atoms with van der Waals surface area (Å²) in [7, 11) is 3.49. The van der Waals surface area contributed by atoms with Crippen molar-refractivity contribution in [3.05, 3.63) is 62.5 Å². The number of esters is 1. The number of hydrogen-bond acceptors (Lipinski definition) is 9. The Balaban J connectivity index is 1.57. The minimum absolute atomic E-state index is 0.0965. The summed E-state index contributed by atoms with van der Waals surface area (Å²) in [4.78, 5) is 27.2. The minimum atomic E-state index is -0.782. The number of methoxy groups -OCH3 is 1. The number of halogens is 2. The lowest BCUT2D eigenvalue weighted by molar-refractivity contribution is -0.137. The van der Waals surface area contributed by atoms with Gasteiger partial charge in [0.25, 0.3) is 0 Å². The number of amidine groups is 1. The molecule has 3 unspecified atom stereocenters. The van der Waals surface area contributed by atoms with Gasteiger partial charge < -0.3 is 14.8 Å². The molecule has 4 atom stereocenters. The number of carbonyl (C=O) groups is 1. The van der Waals surface area contributed by atoms with E-state index in [1.165, 1.54) is 30.6 Å². The van der Waals surface area contributed by atoms with Crippen molar-refractivity contribution in [3.63, 3.8) is 0 Å². The van der Waals surface area contributed by atoms with Crippen LogP contribution in [-0.4, -0.2) is 84.2 Å². The van der Waals surface area contributed by atoms with Crippen LogP contribution in [0.1, 0.15) is 37.4 Å². The number of likely N-dealkylation sites (N-methyl/N-ethyl adjacent to an activating group) is 1. The molecule has 2 saturated heterocycles. The van der Waals surface area contributed by atoms with Crippen LogP contribution in [0, 0.1) is 5.82 Å². The number of nitrogens with zero attached hydrogens (tertiary/aromatic N) is 4. The van der Waals surface area contributed by atoms with Gasteiger partial charge >= 0.3 is 5.97 Å². The molecule has 1 aromatic carbocycles. The molecule has 1 N–H and O–H groups in total. The van der Waals surface area contributed by atoms with Crippen molar-refractivity contribution in [1.29, 1.82) is 0 Å². The highest BCUT2D eigenvalue weighted by Gasteiger charge is 2.64. The van der Waals surface area contributed by atoms with E-state index in [-0.39, 0.29) is 22.6 Å². The first-order valence-corrected chi connectivity index (χ1v) is 13.5. The number of thiazole rings is 1. The molecule has 0 amide bonds. The molecule has 5 rings (SSSR count). The van der Waals surface area contributed by atoms with Gasteiger partial charge in [0.2, 0.25) is 0 Å². The van der Waals surface area contributed by atoms with Crippen LogP contribution in [0.25, 0.3) is 0 Å². The number of fused-ring (bicyclic) bond motifs is 1. The lowest BCUT2D eigenvalue weighted by Crippen LogP contribution is -2.81. The molecule has 0 saturated carbocycles. The Morgan fingerprint density at radius 1 is 1.46 bits per heavy atom. The molecule has 0 aliphatic carbocycles. The van der Waals surface area contributed by atoms with Crippen molar-refractivity contribution < 1.29 is 18.7 Å². The maximum absolute atomic E-state index is 13.9. The predicted molar refractivity (Wildman–Crippen MR) is 141 cm³/mol. The fourth-order valence-electron chi connectivity index (χ4n) is 5.84. The summed E-state index contributed by atoms with van der Waals surface area (Å²) in [5.41, 5.74) is 1.43. The topological polar surface area (TPSA) is 79.3 Å². The zero-order valence-corrected chi connectivity index (χ0v) is 23.1. The van der Waals surface area contributed by atoms with Gasteiger partial charge in [0.1, 0.15) is 11.9 Å². The monoisotopic (exact) mass is 547 g/mol. The van der Waals surface area contributed by atoms with Crippen molar-refractivity contribution >= 4 is 34.7 Å². The van der Waals surface area contributed by atoms with Crippen LogP contribution in [0.4, 0.5) is 4.39 Å². The summed E-state index contributed by atoms with van der Waals surface area (Å²) >= 11 is 7.90. The lowest BCUT2D eigenvalue weighted by atomic mass is 9.72. The van der Waals surface area contributed by atoms with Gasteiger partial charge in [0.15, 0.2) is 10.8 Å². The van der Waals surface area contributed by atoms with Gasteiger partial charge in [-0.15, -0.1) is 11.3 Å². The van der Waals surface area contributed by atoms with Gasteiger partial charge in [-0.25, -0.2) is 14.2 Å². The van der Waals surface area contributed by atoms with Crippen molar-refractivity contribution in [1.82, 2.24) is 20.1 Å². The van der Waals surface area contributed by atoms with E-state index in [4.69, 9.17) is 26.1 Å². The standard InChI is InChI=1S/C26H31ClFN5O3S/c1-14(2)32(4)26-13-36-12-20(26)33(15(26)3)11-19-21(25(34)35-5)22(17-7-6-16(28)10-18(17)27)31-23(30-19)24-29-8-9-37-24/h6-10,14-15,20,22H,11-13H2,1-5H3,(H,30,31)/t15?,20?,22-,26?/m0/s1. The highest BCUT2D eigenvalue weighted by Crippen LogP contribution is 2.46. The molecule has 3 aliphatic heterocycles. The third-order valence-electron chi connectivity index (χ3n) is 8.00. The smallest absolute Gasteiger partial charge is 0.338 e. The molecule has 37 heavy (non-hydrogen) atoms. The first-order valence-electron chi connectivity index (χ1n) is 12.3. The zero-order valence-electron chi connectivity index (χ0n) is 21.5. The van der Waals surface area contributed by atoms with E-state index < -0.39 is 17.8 Å². The molecule has 11 heteroatoms. The average Bonchev–Trinajstić information content (AvgIpc) is 3.55. The number of carbonyl (C=O) groups excluding carboxylic acids is 1. The Morgan fingerprint density at radius 3 is 2.89 bits per heavy atom. The number of aromatic nitrogens is 1. The van der Waals surface area contributed by atoms with Gasteiger partial charge in [0, 0.05) is 46.5 Å². The number of rotatable bonds is 7. The number of likely N-dealkylation sites (tertiary alicyclic amines) is 1. The van der Waals surface area contributed by atoms with Gasteiger partial charge in [-0.1, -0.05) is 17.7 Å². The molecule has 2 aromatic rings. The highest BCUT2D eigenvalue weighted by atomic mass is 35.5. The van der Waals surface area contributed by atoms with Crippen LogP contribution in [-0.2, 0) is 14.3 Å². The fourth-order valence-corrected chi connectivity index (χ4v) is 6.70. The van der Waals surface area contributed by atoms with Crippen molar-refractivity contribution in [2.75, 3.05) is 33.9 Å². The minimum Gasteiger partial charge on any atom is -0.466 e. The fraction of sp³-hybridized carbons (Fsp3) is 0.500. The first-order chi connectivity index (χ1) is 17.7. The normalized spacial score (nSPS) is 27.7. The molecule has 3 aliphatic rings. The highest BCUT2D eigenvalue weighted by molar-refractivity contribution is 7.11. The first kappa shape index (κ1) is 26.2.